The predicted octanol–water partition coefficient (Wildman–Crippen LogP) is 1.79. The van der Waals surface area contributed by atoms with Gasteiger partial charge < -0.3 is 4.43 Å². The van der Waals surface area contributed by atoms with E-state index in [2.05, 4.69) is 33.5 Å². The Balaban J connectivity index is 4.10. The fraction of sp³-hybridized carbons (Fsp3) is 1.00. The molecular weight excluding hydrogens is 156 g/mol. The van der Waals surface area contributed by atoms with Crippen molar-refractivity contribution in [2.45, 2.75) is 38.2 Å². The van der Waals surface area contributed by atoms with E-state index in [0.717, 1.165) is 0 Å². The van der Waals surface area contributed by atoms with Crippen molar-refractivity contribution < 1.29 is 4.43 Å². The summed E-state index contributed by atoms with van der Waals surface area (Å²) in [6, 6.07) is 0. The molecule has 0 rings (SSSR count). The summed E-state index contributed by atoms with van der Waals surface area (Å²) in [5.74, 6) is 0. The molecule has 10 heavy (non-hydrogen) atoms. The van der Waals surface area contributed by atoms with Crippen LogP contribution in [0.25, 0.3) is 0 Å². The first-order valence-corrected chi connectivity index (χ1v) is 8.58. The molecule has 0 saturated carbocycles. The summed E-state index contributed by atoms with van der Waals surface area (Å²) >= 11 is 0. The van der Waals surface area contributed by atoms with Crippen LogP contribution in [-0.2, 0) is 4.43 Å². The van der Waals surface area contributed by atoms with E-state index in [-0.39, 0.29) is 9.76 Å². The Hall–Kier alpha value is 0.394. The van der Waals surface area contributed by atoms with Crippen molar-refractivity contribution >= 4 is 17.8 Å². The summed E-state index contributed by atoms with van der Waals surface area (Å²) < 4.78 is 5.85. The van der Waals surface area contributed by atoms with Gasteiger partial charge in [0.05, 0.1) is 0 Å². The second kappa shape index (κ2) is 3.19. The molecule has 3 heteroatoms. The van der Waals surface area contributed by atoms with Gasteiger partial charge >= 0.3 is 0 Å². The molecule has 0 aliphatic heterocycles. The van der Waals surface area contributed by atoms with E-state index >= 15 is 0 Å². The maximum Gasteiger partial charge on any atom is 0.164 e. The summed E-state index contributed by atoms with van der Waals surface area (Å²) in [5.41, 5.74) is 0. The maximum atomic E-state index is 5.31. The highest BCUT2D eigenvalue weighted by atomic mass is 28.4. The third kappa shape index (κ3) is 2.56. The van der Waals surface area contributed by atoms with Crippen LogP contribution < -0.4 is 0 Å². The second-order valence-corrected chi connectivity index (χ2v) is 13.8. The van der Waals surface area contributed by atoms with Crippen molar-refractivity contribution in [3.63, 3.8) is 0 Å². The quantitative estimate of drug-likeness (QED) is 0.596. The maximum absolute atomic E-state index is 5.31. The minimum Gasteiger partial charge on any atom is -0.427 e. The molecule has 0 fully saturated rings. The average Bonchev–Trinajstić information content (AvgIpc) is 1.61. The molecule has 0 aliphatic rings. The summed E-state index contributed by atoms with van der Waals surface area (Å²) in [5, 5.41) is 0. The third-order valence-electron chi connectivity index (χ3n) is 2.54. The van der Waals surface area contributed by atoms with Gasteiger partial charge in [0, 0.05) is 15.2 Å². The molecule has 0 bridgehead atoms. The molecule has 62 valence electrons. The van der Waals surface area contributed by atoms with Crippen LogP contribution in [0.4, 0.5) is 0 Å². The van der Waals surface area contributed by atoms with Gasteiger partial charge in [0.25, 0.3) is 0 Å². The SMILES string of the molecule is CO[SiH2]C(C)(C)[Si](C)(C)C. The zero-order valence-corrected chi connectivity index (χ0v) is 10.5. The molecule has 1 nitrogen and oxygen atoms in total. The highest BCUT2D eigenvalue weighted by molar-refractivity contribution is 6.86. The summed E-state index contributed by atoms with van der Waals surface area (Å²) in [4.78, 5) is 0. The van der Waals surface area contributed by atoms with Crippen LogP contribution in [0.2, 0.25) is 24.3 Å². The van der Waals surface area contributed by atoms with Crippen LogP contribution in [0.1, 0.15) is 13.8 Å². The van der Waals surface area contributed by atoms with Gasteiger partial charge in [0.15, 0.2) is 9.76 Å². The van der Waals surface area contributed by atoms with E-state index in [1.165, 1.54) is 0 Å². The normalized spacial score (nSPS) is 15.0. The fourth-order valence-electron chi connectivity index (χ4n) is 0.577. The van der Waals surface area contributed by atoms with Crippen molar-refractivity contribution in [1.29, 1.82) is 0 Å². The molecule has 0 radical (unpaired) electrons. The van der Waals surface area contributed by atoms with Gasteiger partial charge in [-0.05, 0) is 4.66 Å². The molecule has 0 N–H and O–H groups in total. The second-order valence-electron chi connectivity index (χ2n) is 4.57. The summed E-state index contributed by atoms with van der Waals surface area (Å²) in [7, 11) is 0.579. The number of rotatable bonds is 3. The molecule has 0 heterocycles. The number of hydrogen-bond acceptors (Lipinski definition) is 1. The molecule has 0 aromatic rings. The van der Waals surface area contributed by atoms with E-state index in [4.69, 9.17) is 4.43 Å². The van der Waals surface area contributed by atoms with E-state index in [0.29, 0.717) is 4.66 Å². The van der Waals surface area contributed by atoms with Gasteiger partial charge in [-0.2, -0.15) is 0 Å². The Morgan fingerprint density at radius 1 is 1.20 bits per heavy atom. The Labute approximate surface area is 68.1 Å². The molecule has 0 amide bonds. The summed E-state index contributed by atoms with van der Waals surface area (Å²) in [6.45, 7) is 12.0. The van der Waals surface area contributed by atoms with Gasteiger partial charge in [-0.3, -0.25) is 0 Å². The first-order valence-electron chi connectivity index (χ1n) is 3.80. The zero-order chi connectivity index (χ0) is 8.41. The molecule has 0 aliphatic carbocycles. The van der Waals surface area contributed by atoms with Crippen molar-refractivity contribution in [2.24, 2.45) is 0 Å². The number of hydrogen-bond donors (Lipinski definition) is 0. The van der Waals surface area contributed by atoms with Crippen LogP contribution >= 0.6 is 0 Å². The largest absolute Gasteiger partial charge is 0.427 e. The monoisotopic (exact) mass is 176 g/mol. The lowest BCUT2D eigenvalue weighted by atomic mass is 10.5. The van der Waals surface area contributed by atoms with Gasteiger partial charge in [-0.25, -0.2) is 0 Å². The first kappa shape index (κ1) is 10.4. The molecule has 0 spiro atoms. The summed E-state index contributed by atoms with van der Waals surface area (Å²) in [6.07, 6.45) is 0. The molecule has 0 atom stereocenters. The Morgan fingerprint density at radius 3 is 1.70 bits per heavy atom. The van der Waals surface area contributed by atoms with Crippen molar-refractivity contribution in [3.8, 4) is 0 Å². The van der Waals surface area contributed by atoms with Gasteiger partial charge in [-0.15, -0.1) is 0 Å². The zero-order valence-electron chi connectivity index (χ0n) is 8.12. The molecule has 0 aromatic heterocycles. The fourth-order valence-corrected chi connectivity index (χ4v) is 3.46. The smallest absolute Gasteiger partial charge is 0.164 e. The highest BCUT2D eigenvalue weighted by Gasteiger charge is 2.34. The highest BCUT2D eigenvalue weighted by Crippen LogP contribution is 2.34. The lowest BCUT2D eigenvalue weighted by Gasteiger charge is -2.35. The minimum absolute atomic E-state index is 0.293. The average molecular weight is 176 g/mol. The van der Waals surface area contributed by atoms with E-state index < -0.39 is 8.07 Å². The lowest BCUT2D eigenvalue weighted by molar-refractivity contribution is 0.427. The first-order chi connectivity index (χ1) is 4.31. The topological polar surface area (TPSA) is 9.23 Å². The predicted molar refractivity (Wildman–Crippen MR) is 52.9 cm³/mol. The van der Waals surface area contributed by atoms with Crippen molar-refractivity contribution in [1.82, 2.24) is 0 Å². The van der Waals surface area contributed by atoms with Crippen LogP contribution in [-0.4, -0.2) is 24.9 Å². The van der Waals surface area contributed by atoms with Gasteiger partial charge in [0.1, 0.15) is 0 Å². The van der Waals surface area contributed by atoms with Crippen molar-refractivity contribution in [2.75, 3.05) is 7.11 Å². The van der Waals surface area contributed by atoms with Crippen LogP contribution in [0.3, 0.4) is 0 Å². The minimum atomic E-state index is -0.969. The van der Waals surface area contributed by atoms with Crippen molar-refractivity contribution in [3.05, 3.63) is 0 Å². The van der Waals surface area contributed by atoms with Gasteiger partial charge in [-0.1, -0.05) is 33.5 Å². The standard InChI is InChI=1S/C7H20OSi2/c1-7(2,9-8-3)10(4,5)6/h9H2,1-6H3. The van der Waals surface area contributed by atoms with Crippen LogP contribution in [0.5, 0.6) is 0 Å². The van der Waals surface area contributed by atoms with Crippen LogP contribution in [0, 0.1) is 0 Å². The lowest BCUT2D eigenvalue weighted by Crippen LogP contribution is -2.40. The third-order valence-corrected chi connectivity index (χ3v) is 11.2. The van der Waals surface area contributed by atoms with E-state index in [1.807, 2.05) is 7.11 Å². The Morgan fingerprint density at radius 2 is 1.60 bits per heavy atom. The van der Waals surface area contributed by atoms with Crippen LogP contribution in [0.15, 0.2) is 0 Å². The van der Waals surface area contributed by atoms with Gasteiger partial charge in [0.2, 0.25) is 0 Å². The Bertz CT molecular complexity index is 105. The van der Waals surface area contributed by atoms with E-state index in [1.54, 1.807) is 0 Å². The molecular formula is C7H20OSi2. The Kier molecular flexibility index (Phi) is 3.32. The molecule has 0 aromatic carbocycles. The molecule has 0 unspecified atom stereocenters. The molecule has 0 saturated heterocycles. The van der Waals surface area contributed by atoms with E-state index in [9.17, 15) is 0 Å².